The molecule has 28 heavy (non-hydrogen) atoms. The number of hydrogen-bond acceptors (Lipinski definition) is 4. The third-order valence-electron chi connectivity index (χ3n) is 5.32. The molecule has 6 nitrogen and oxygen atoms in total. The van der Waals surface area contributed by atoms with E-state index < -0.39 is 10.0 Å². The van der Waals surface area contributed by atoms with Crippen molar-refractivity contribution in [2.24, 2.45) is 5.14 Å². The lowest BCUT2D eigenvalue weighted by molar-refractivity contribution is -0.121. The van der Waals surface area contributed by atoms with Gasteiger partial charge in [-0.3, -0.25) is 9.69 Å². The first-order valence-electron chi connectivity index (χ1n) is 9.35. The molecule has 0 unspecified atom stereocenters. The molecule has 1 aliphatic rings. The van der Waals surface area contributed by atoms with Gasteiger partial charge in [-0.25, -0.2) is 13.6 Å². The van der Waals surface area contributed by atoms with E-state index in [-0.39, 0.29) is 22.8 Å². The molecule has 7 heteroatoms. The van der Waals surface area contributed by atoms with Crippen LogP contribution < -0.4 is 10.5 Å². The zero-order chi connectivity index (χ0) is 20.4. The van der Waals surface area contributed by atoms with Gasteiger partial charge in [-0.05, 0) is 49.1 Å². The normalized spacial score (nSPS) is 15.1. The van der Waals surface area contributed by atoms with E-state index in [0.717, 1.165) is 25.1 Å². The van der Waals surface area contributed by atoms with E-state index in [1.807, 2.05) is 0 Å². The number of nitrogens with two attached hydrogens (primary N) is 1. The SMILES string of the molecule is CC(C)(CNC(=O)Cc1ccc(S(N)(=O)=O)cc1)N1CCc2ccccc2C1. The van der Waals surface area contributed by atoms with E-state index >= 15 is 0 Å². The minimum atomic E-state index is -3.72. The summed E-state index contributed by atoms with van der Waals surface area (Å²) in [5, 5.41) is 8.11. The molecule has 2 aromatic carbocycles. The molecule has 2 aromatic rings. The molecule has 150 valence electrons. The van der Waals surface area contributed by atoms with Crippen molar-refractivity contribution in [2.45, 2.75) is 43.7 Å². The van der Waals surface area contributed by atoms with Gasteiger partial charge in [-0.2, -0.15) is 0 Å². The number of sulfonamides is 1. The first-order valence-corrected chi connectivity index (χ1v) is 10.9. The number of carbonyl (C=O) groups excluding carboxylic acids is 1. The van der Waals surface area contributed by atoms with Crippen LogP contribution in [0.5, 0.6) is 0 Å². The molecule has 1 aliphatic heterocycles. The van der Waals surface area contributed by atoms with Crippen molar-refractivity contribution < 1.29 is 13.2 Å². The summed E-state index contributed by atoms with van der Waals surface area (Å²) in [4.78, 5) is 14.8. The van der Waals surface area contributed by atoms with Crippen LogP contribution in [0.15, 0.2) is 53.4 Å². The summed E-state index contributed by atoms with van der Waals surface area (Å²) >= 11 is 0. The summed E-state index contributed by atoms with van der Waals surface area (Å²) in [5.74, 6) is -0.0890. The quantitative estimate of drug-likeness (QED) is 0.772. The van der Waals surface area contributed by atoms with Crippen molar-refractivity contribution in [3.05, 3.63) is 65.2 Å². The molecule has 0 aliphatic carbocycles. The molecule has 0 spiro atoms. The van der Waals surface area contributed by atoms with Gasteiger partial charge in [0.2, 0.25) is 15.9 Å². The topological polar surface area (TPSA) is 92.5 Å². The zero-order valence-electron chi connectivity index (χ0n) is 16.3. The van der Waals surface area contributed by atoms with Gasteiger partial charge in [0, 0.05) is 25.2 Å². The lowest BCUT2D eigenvalue weighted by Gasteiger charge is -2.41. The second-order valence-electron chi connectivity index (χ2n) is 7.90. The number of amides is 1. The minimum absolute atomic E-state index is 0.0446. The Hall–Kier alpha value is -2.22. The summed E-state index contributed by atoms with van der Waals surface area (Å²) in [6.45, 7) is 6.68. The van der Waals surface area contributed by atoms with E-state index in [2.05, 4.69) is 48.3 Å². The van der Waals surface area contributed by atoms with Crippen LogP contribution in [0.1, 0.15) is 30.5 Å². The van der Waals surface area contributed by atoms with Gasteiger partial charge in [0.15, 0.2) is 0 Å². The average Bonchev–Trinajstić information content (AvgIpc) is 2.66. The van der Waals surface area contributed by atoms with Crippen LogP contribution in [-0.4, -0.2) is 37.9 Å². The highest BCUT2D eigenvalue weighted by molar-refractivity contribution is 7.89. The number of rotatable bonds is 6. The number of benzene rings is 2. The summed E-state index contributed by atoms with van der Waals surface area (Å²) < 4.78 is 22.6. The summed E-state index contributed by atoms with van der Waals surface area (Å²) in [5.41, 5.74) is 3.33. The molecule has 3 rings (SSSR count). The predicted octanol–water partition coefficient (Wildman–Crippen LogP) is 1.83. The van der Waals surface area contributed by atoms with Gasteiger partial charge < -0.3 is 5.32 Å². The van der Waals surface area contributed by atoms with Gasteiger partial charge >= 0.3 is 0 Å². The largest absolute Gasteiger partial charge is 0.354 e. The van der Waals surface area contributed by atoms with Crippen molar-refractivity contribution in [3.63, 3.8) is 0 Å². The van der Waals surface area contributed by atoms with Crippen molar-refractivity contribution in [2.75, 3.05) is 13.1 Å². The van der Waals surface area contributed by atoms with Crippen LogP contribution in [0.2, 0.25) is 0 Å². The van der Waals surface area contributed by atoms with Crippen LogP contribution in [0.3, 0.4) is 0 Å². The van der Waals surface area contributed by atoms with Gasteiger partial charge in [0.25, 0.3) is 0 Å². The predicted molar refractivity (Wildman–Crippen MR) is 109 cm³/mol. The van der Waals surface area contributed by atoms with E-state index in [4.69, 9.17) is 5.14 Å². The molecule has 0 saturated carbocycles. The first-order chi connectivity index (χ1) is 13.1. The Morgan fingerprint density at radius 3 is 2.39 bits per heavy atom. The average molecular weight is 402 g/mol. The van der Waals surface area contributed by atoms with E-state index in [9.17, 15) is 13.2 Å². The minimum Gasteiger partial charge on any atom is -0.354 e. The standard InChI is InChI=1S/C21H27N3O3S/c1-21(2,24-12-11-17-5-3-4-6-18(17)14-24)15-23-20(25)13-16-7-9-19(10-8-16)28(22,26)27/h3-10H,11-15H2,1-2H3,(H,23,25)(H2,22,26,27). The lowest BCUT2D eigenvalue weighted by Crippen LogP contribution is -2.53. The Balaban J connectivity index is 1.55. The summed E-state index contributed by atoms with van der Waals surface area (Å²) in [6.07, 6.45) is 1.22. The molecule has 1 amide bonds. The smallest absolute Gasteiger partial charge is 0.238 e. The summed E-state index contributed by atoms with van der Waals surface area (Å²) in [7, 11) is -3.72. The molecule has 3 N–H and O–H groups in total. The fraction of sp³-hybridized carbons (Fsp3) is 0.381. The molecular weight excluding hydrogens is 374 g/mol. The maximum absolute atomic E-state index is 12.3. The molecular formula is C21H27N3O3S. The van der Waals surface area contributed by atoms with Gasteiger partial charge in [0.1, 0.15) is 0 Å². The number of nitrogens with one attached hydrogen (secondary N) is 1. The third kappa shape index (κ3) is 4.98. The maximum Gasteiger partial charge on any atom is 0.238 e. The molecule has 0 aromatic heterocycles. The number of fused-ring (bicyclic) bond motifs is 1. The van der Waals surface area contributed by atoms with Crippen LogP contribution in [-0.2, 0) is 34.2 Å². The monoisotopic (exact) mass is 401 g/mol. The second-order valence-corrected chi connectivity index (χ2v) is 9.46. The first kappa shape index (κ1) is 20.5. The molecule has 0 bridgehead atoms. The fourth-order valence-electron chi connectivity index (χ4n) is 3.48. The van der Waals surface area contributed by atoms with Crippen LogP contribution >= 0.6 is 0 Å². The van der Waals surface area contributed by atoms with E-state index in [0.29, 0.717) is 6.54 Å². The van der Waals surface area contributed by atoms with Crippen LogP contribution in [0, 0.1) is 0 Å². The molecule has 0 radical (unpaired) electrons. The molecule has 1 heterocycles. The Labute approximate surface area is 166 Å². The molecule has 0 atom stereocenters. The third-order valence-corrected chi connectivity index (χ3v) is 6.25. The van der Waals surface area contributed by atoms with E-state index in [1.165, 1.54) is 23.3 Å². The lowest BCUT2D eigenvalue weighted by atomic mass is 9.94. The maximum atomic E-state index is 12.3. The van der Waals surface area contributed by atoms with Gasteiger partial charge in [-0.15, -0.1) is 0 Å². The van der Waals surface area contributed by atoms with Crippen molar-refractivity contribution >= 4 is 15.9 Å². The zero-order valence-corrected chi connectivity index (χ0v) is 17.1. The van der Waals surface area contributed by atoms with Crippen molar-refractivity contribution in [1.82, 2.24) is 10.2 Å². The molecule has 0 fully saturated rings. The van der Waals surface area contributed by atoms with E-state index in [1.54, 1.807) is 12.1 Å². The summed E-state index contributed by atoms with van der Waals surface area (Å²) in [6, 6.07) is 14.6. The number of primary sulfonamides is 1. The van der Waals surface area contributed by atoms with Crippen molar-refractivity contribution in [3.8, 4) is 0 Å². The Morgan fingerprint density at radius 2 is 1.75 bits per heavy atom. The number of hydrogen-bond donors (Lipinski definition) is 2. The molecule has 0 saturated heterocycles. The Kier molecular flexibility index (Phi) is 5.88. The fourth-order valence-corrected chi connectivity index (χ4v) is 4.00. The Bertz CT molecular complexity index is 953. The van der Waals surface area contributed by atoms with Crippen LogP contribution in [0.25, 0.3) is 0 Å². The highest BCUT2D eigenvalue weighted by Crippen LogP contribution is 2.25. The van der Waals surface area contributed by atoms with Crippen molar-refractivity contribution in [1.29, 1.82) is 0 Å². The van der Waals surface area contributed by atoms with Gasteiger partial charge in [-0.1, -0.05) is 36.4 Å². The highest BCUT2D eigenvalue weighted by Gasteiger charge is 2.30. The highest BCUT2D eigenvalue weighted by atomic mass is 32.2. The number of nitrogens with zero attached hydrogens (tertiary/aromatic N) is 1. The number of carbonyl (C=O) groups is 1. The van der Waals surface area contributed by atoms with Crippen LogP contribution in [0.4, 0.5) is 0 Å². The Morgan fingerprint density at radius 1 is 1.11 bits per heavy atom. The second kappa shape index (κ2) is 8.03. The van der Waals surface area contributed by atoms with Gasteiger partial charge in [0.05, 0.1) is 11.3 Å².